The summed E-state index contributed by atoms with van der Waals surface area (Å²) in [7, 11) is 4.23. The first-order valence-electron chi connectivity index (χ1n) is 6.98. The highest BCUT2D eigenvalue weighted by atomic mass is 15.1. The van der Waals surface area contributed by atoms with Crippen molar-refractivity contribution in [2.75, 3.05) is 27.2 Å². The van der Waals surface area contributed by atoms with E-state index in [9.17, 15) is 0 Å². The molecule has 1 rings (SSSR count). The second-order valence-corrected chi connectivity index (χ2v) is 5.06. The van der Waals surface area contributed by atoms with Crippen LogP contribution in [0.25, 0.3) is 0 Å². The first-order chi connectivity index (χ1) is 8.72. The summed E-state index contributed by atoms with van der Waals surface area (Å²) in [6, 6.07) is 6.77. The largest absolute Gasteiger partial charge is 0.317 e. The Morgan fingerprint density at radius 3 is 2.78 bits per heavy atom. The fraction of sp³-hybridized carbons (Fsp3) is 0.667. The first kappa shape index (κ1) is 15.1. The molecule has 3 heteroatoms. The Balaban J connectivity index is 2.05. The van der Waals surface area contributed by atoms with Crippen LogP contribution in [-0.2, 0) is 6.42 Å². The van der Waals surface area contributed by atoms with Crippen LogP contribution in [0.1, 0.15) is 31.9 Å². The number of likely N-dealkylation sites (N-methyl/N-ethyl adjacent to an activating group) is 1. The van der Waals surface area contributed by atoms with Gasteiger partial charge in [-0.2, -0.15) is 0 Å². The van der Waals surface area contributed by atoms with Gasteiger partial charge in [0.1, 0.15) is 0 Å². The predicted octanol–water partition coefficient (Wildman–Crippen LogP) is 2.33. The molecule has 0 saturated carbocycles. The van der Waals surface area contributed by atoms with Gasteiger partial charge in [-0.1, -0.05) is 12.5 Å². The minimum Gasteiger partial charge on any atom is -0.317 e. The average Bonchev–Trinajstić information content (AvgIpc) is 2.42. The molecule has 0 spiro atoms. The van der Waals surface area contributed by atoms with E-state index in [0.717, 1.165) is 13.0 Å². The number of hydrogen-bond acceptors (Lipinski definition) is 3. The van der Waals surface area contributed by atoms with Crippen molar-refractivity contribution in [1.29, 1.82) is 0 Å². The van der Waals surface area contributed by atoms with E-state index in [4.69, 9.17) is 0 Å². The fourth-order valence-electron chi connectivity index (χ4n) is 1.94. The summed E-state index contributed by atoms with van der Waals surface area (Å²) in [5.74, 6) is 0. The lowest BCUT2D eigenvalue weighted by Crippen LogP contribution is -2.24. The second kappa shape index (κ2) is 9.06. The van der Waals surface area contributed by atoms with Gasteiger partial charge in [-0.15, -0.1) is 0 Å². The SMILES string of the molecule is CNC(C)CCCCN(C)CCc1ccccn1. The highest BCUT2D eigenvalue weighted by Gasteiger charge is 2.01. The summed E-state index contributed by atoms with van der Waals surface area (Å²) in [4.78, 5) is 6.75. The summed E-state index contributed by atoms with van der Waals surface area (Å²) in [6.07, 6.45) is 6.77. The maximum absolute atomic E-state index is 4.35. The summed E-state index contributed by atoms with van der Waals surface area (Å²) < 4.78 is 0. The van der Waals surface area contributed by atoms with Crippen LogP contribution < -0.4 is 5.32 Å². The topological polar surface area (TPSA) is 28.2 Å². The van der Waals surface area contributed by atoms with E-state index >= 15 is 0 Å². The molecule has 1 unspecified atom stereocenters. The zero-order valence-corrected chi connectivity index (χ0v) is 12.0. The zero-order chi connectivity index (χ0) is 13.2. The summed E-state index contributed by atoms with van der Waals surface area (Å²) in [5, 5.41) is 3.28. The molecule has 0 bridgehead atoms. The van der Waals surface area contributed by atoms with E-state index in [0.29, 0.717) is 6.04 Å². The fourth-order valence-corrected chi connectivity index (χ4v) is 1.94. The van der Waals surface area contributed by atoms with Crippen molar-refractivity contribution in [3.63, 3.8) is 0 Å². The van der Waals surface area contributed by atoms with Gasteiger partial charge in [0, 0.05) is 30.9 Å². The number of unbranched alkanes of at least 4 members (excludes halogenated alkanes) is 1. The molecule has 0 saturated heterocycles. The molecule has 0 amide bonds. The third-order valence-electron chi connectivity index (χ3n) is 3.40. The molecule has 18 heavy (non-hydrogen) atoms. The van der Waals surface area contributed by atoms with Gasteiger partial charge in [0.05, 0.1) is 0 Å². The Bertz CT molecular complexity index is 300. The smallest absolute Gasteiger partial charge is 0.0416 e. The minimum absolute atomic E-state index is 0.642. The van der Waals surface area contributed by atoms with Crippen molar-refractivity contribution in [2.45, 2.75) is 38.6 Å². The molecule has 0 aromatic carbocycles. The Morgan fingerprint density at radius 1 is 1.28 bits per heavy atom. The number of pyridine rings is 1. The van der Waals surface area contributed by atoms with Crippen molar-refractivity contribution in [3.8, 4) is 0 Å². The van der Waals surface area contributed by atoms with Crippen LogP contribution in [0, 0.1) is 0 Å². The van der Waals surface area contributed by atoms with Crippen LogP contribution in [0.2, 0.25) is 0 Å². The molecule has 0 aliphatic carbocycles. The lowest BCUT2D eigenvalue weighted by molar-refractivity contribution is 0.324. The lowest BCUT2D eigenvalue weighted by Gasteiger charge is -2.17. The quantitative estimate of drug-likeness (QED) is 0.681. The molecule has 0 fully saturated rings. The standard InChI is InChI=1S/C15H27N3/c1-14(16-2)8-5-7-12-18(3)13-10-15-9-4-6-11-17-15/h4,6,9,11,14,16H,5,7-8,10,12-13H2,1-3H3. The van der Waals surface area contributed by atoms with Crippen molar-refractivity contribution in [1.82, 2.24) is 15.2 Å². The minimum atomic E-state index is 0.642. The molecule has 102 valence electrons. The second-order valence-electron chi connectivity index (χ2n) is 5.06. The van der Waals surface area contributed by atoms with Crippen molar-refractivity contribution in [2.24, 2.45) is 0 Å². The molecule has 0 aliphatic heterocycles. The summed E-state index contributed by atoms with van der Waals surface area (Å²) >= 11 is 0. The number of rotatable bonds is 9. The van der Waals surface area contributed by atoms with Gasteiger partial charge < -0.3 is 10.2 Å². The van der Waals surface area contributed by atoms with Crippen LogP contribution in [-0.4, -0.2) is 43.1 Å². The Morgan fingerprint density at radius 2 is 2.11 bits per heavy atom. The number of hydrogen-bond donors (Lipinski definition) is 1. The van der Waals surface area contributed by atoms with Gasteiger partial charge in [-0.25, -0.2) is 0 Å². The van der Waals surface area contributed by atoms with Crippen LogP contribution in [0.5, 0.6) is 0 Å². The van der Waals surface area contributed by atoms with Gasteiger partial charge >= 0.3 is 0 Å². The van der Waals surface area contributed by atoms with E-state index in [-0.39, 0.29) is 0 Å². The van der Waals surface area contributed by atoms with Gasteiger partial charge in [-0.05, 0) is 52.5 Å². The third-order valence-corrected chi connectivity index (χ3v) is 3.40. The van der Waals surface area contributed by atoms with Crippen LogP contribution >= 0.6 is 0 Å². The van der Waals surface area contributed by atoms with E-state index in [1.807, 2.05) is 19.3 Å². The monoisotopic (exact) mass is 249 g/mol. The van der Waals surface area contributed by atoms with Crippen LogP contribution in [0.4, 0.5) is 0 Å². The highest BCUT2D eigenvalue weighted by Crippen LogP contribution is 2.02. The zero-order valence-electron chi connectivity index (χ0n) is 12.0. The molecule has 1 N–H and O–H groups in total. The Kier molecular flexibility index (Phi) is 7.62. The van der Waals surface area contributed by atoms with E-state index < -0.39 is 0 Å². The predicted molar refractivity (Wildman–Crippen MR) is 77.8 cm³/mol. The number of nitrogens with zero attached hydrogens (tertiary/aromatic N) is 2. The van der Waals surface area contributed by atoms with Crippen LogP contribution in [0.3, 0.4) is 0 Å². The molecule has 3 nitrogen and oxygen atoms in total. The van der Waals surface area contributed by atoms with Gasteiger partial charge in [0.15, 0.2) is 0 Å². The van der Waals surface area contributed by atoms with E-state index in [2.05, 4.69) is 41.3 Å². The van der Waals surface area contributed by atoms with Crippen molar-refractivity contribution < 1.29 is 0 Å². The van der Waals surface area contributed by atoms with Gasteiger partial charge in [-0.3, -0.25) is 4.98 Å². The molecule has 1 heterocycles. The average molecular weight is 249 g/mol. The van der Waals surface area contributed by atoms with Crippen molar-refractivity contribution in [3.05, 3.63) is 30.1 Å². The molecular weight excluding hydrogens is 222 g/mol. The maximum Gasteiger partial charge on any atom is 0.0416 e. The molecule has 1 aromatic rings. The normalized spacial score (nSPS) is 12.9. The molecular formula is C15H27N3. The lowest BCUT2D eigenvalue weighted by atomic mass is 10.1. The molecule has 0 aliphatic rings. The number of nitrogens with one attached hydrogen (secondary N) is 1. The van der Waals surface area contributed by atoms with Gasteiger partial charge in [0.25, 0.3) is 0 Å². The molecule has 1 aromatic heterocycles. The Hall–Kier alpha value is -0.930. The third kappa shape index (κ3) is 6.72. The summed E-state index contributed by atoms with van der Waals surface area (Å²) in [6.45, 7) is 4.52. The van der Waals surface area contributed by atoms with E-state index in [1.54, 1.807) is 0 Å². The molecule has 0 radical (unpaired) electrons. The van der Waals surface area contributed by atoms with Crippen molar-refractivity contribution >= 4 is 0 Å². The number of aromatic nitrogens is 1. The highest BCUT2D eigenvalue weighted by molar-refractivity contribution is 5.03. The Labute approximate surface area is 112 Å². The first-order valence-corrected chi connectivity index (χ1v) is 6.98. The van der Waals surface area contributed by atoms with Crippen LogP contribution in [0.15, 0.2) is 24.4 Å². The molecule has 1 atom stereocenters. The summed E-state index contributed by atoms with van der Waals surface area (Å²) in [5.41, 5.74) is 1.19. The van der Waals surface area contributed by atoms with Gasteiger partial charge in [0.2, 0.25) is 0 Å². The maximum atomic E-state index is 4.35. The van der Waals surface area contributed by atoms with E-state index in [1.165, 1.54) is 31.5 Å².